The van der Waals surface area contributed by atoms with Crippen LogP contribution < -0.4 is 10.2 Å². The fourth-order valence-corrected chi connectivity index (χ4v) is 2.88. The second kappa shape index (κ2) is 7.95. The van der Waals surface area contributed by atoms with E-state index in [1.165, 1.54) is 13.4 Å². The van der Waals surface area contributed by atoms with Gasteiger partial charge in [-0.3, -0.25) is 4.79 Å². The first-order valence-electron chi connectivity index (χ1n) is 8.63. The van der Waals surface area contributed by atoms with E-state index >= 15 is 0 Å². The number of nitrogens with zero attached hydrogens (tertiary/aromatic N) is 3. The van der Waals surface area contributed by atoms with Crippen molar-refractivity contribution in [2.24, 2.45) is 5.92 Å². The molecule has 0 saturated carbocycles. The average molecular weight is 354 g/mol. The quantitative estimate of drug-likeness (QED) is 0.850. The molecule has 0 spiro atoms. The summed E-state index contributed by atoms with van der Waals surface area (Å²) in [4.78, 5) is 34.5. The number of aromatic nitrogens is 2. The van der Waals surface area contributed by atoms with Gasteiger partial charge in [-0.2, -0.15) is 0 Å². The second-order valence-corrected chi connectivity index (χ2v) is 6.45. The van der Waals surface area contributed by atoms with Crippen molar-refractivity contribution in [1.29, 1.82) is 0 Å². The zero-order valence-electron chi connectivity index (χ0n) is 14.9. The first-order chi connectivity index (χ1) is 12.6. The number of anilines is 2. The summed E-state index contributed by atoms with van der Waals surface area (Å²) >= 11 is 0. The second-order valence-electron chi connectivity index (χ2n) is 6.45. The number of hydrogen-bond donors (Lipinski definition) is 1. The van der Waals surface area contributed by atoms with E-state index in [9.17, 15) is 9.59 Å². The van der Waals surface area contributed by atoms with Crippen molar-refractivity contribution in [3.63, 3.8) is 0 Å². The van der Waals surface area contributed by atoms with Crippen molar-refractivity contribution in [2.75, 3.05) is 30.4 Å². The molecule has 3 rings (SSSR count). The molecule has 1 aromatic heterocycles. The highest BCUT2D eigenvalue weighted by Crippen LogP contribution is 2.21. The van der Waals surface area contributed by atoms with Gasteiger partial charge in [-0.05, 0) is 43.0 Å². The van der Waals surface area contributed by atoms with E-state index in [1.54, 1.807) is 30.3 Å². The molecule has 136 valence electrons. The van der Waals surface area contributed by atoms with Gasteiger partial charge in [-0.15, -0.1) is 0 Å². The van der Waals surface area contributed by atoms with Crippen molar-refractivity contribution < 1.29 is 14.3 Å². The predicted octanol–water partition coefficient (Wildman–Crippen LogP) is 2.75. The van der Waals surface area contributed by atoms with Gasteiger partial charge in [0.2, 0.25) is 0 Å². The number of ether oxygens (including phenoxy) is 1. The van der Waals surface area contributed by atoms with Crippen LogP contribution in [-0.4, -0.2) is 42.0 Å². The molecule has 2 heterocycles. The number of nitrogens with one attached hydrogen (secondary N) is 1. The third-order valence-corrected chi connectivity index (χ3v) is 4.56. The van der Waals surface area contributed by atoms with Crippen molar-refractivity contribution >= 4 is 23.4 Å². The molecule has 2 aromatic rings. The maximum Gasteiger partial charge on any atom is 0.337 e. The molecule has 1 aliphatic rings. The standard InChI is InChI=1S/C19H22N4O3/c1-13-7-9-23(10-8-13)17-11-16(20-12-21-17)18(24)22-15-5-3-14(4-6-15)19(25)26-2/h3-6,11-13H,7-10H2,1-2H3,(H,22,24). The lowest BCUT2D eigenvalue weighted by Gasteiger charge is -2.31. The molecule has 0 radical (unpaired) electrons. The molecule has 7 heteroatoms. The van der Waals surface area contributed by atoms with Crippen LogP contribution in [0.2, 0.25) is 0 Å². The van der Waals surface area contributed by atoms with E-state index < -0.39 is 5.97 Å². The Hall–Kier alpha value is -2.96. The third-order valence-electron chi connectivity index (χ3n) is 4.56. The number of carbonyl (C=O) groups is 2. The number of piperidine rings is 1. The molecule has 1 fully saturated rings. The van der Waals surface area contributed by atoms with Gasteiger partial charge >= 0.3 is 5.97 Å². The minimum absolute atomic E-state index is 0.311. The Labute approximate surface area is 152 Å². The molecule has 1 N–H and O–H groups in total. The molecule has 0 aliphatic carbocycles. The SMILES string of the molecule is COC(=O)c1ccc(NC(=O)c2cc(N3CCC(C)CC3)ncn2)cc1. The molecule has 1 aliphatic heterocycles. The fraction of sp³-hybridized carbons (Fsp3) is 0.368. The molecular weight excluding hydrogens is 332 g/mol. The normalized spacial score (nSPS) is 14.8. The molecule has 0 atom stereocenters. The van der Waals surface area contributed by atoms with E-state index in [0.29, 0.717) is 16.9 Å². The molecule has 0 bridgehead atoms. The van der Waals surface area contributed by atoms with E-state index in [1.807, 2.05) is 0 Å². The Bertz CT molecular complexity index is 784. The third kappa shape index (κ3) is 4.17. The number of carbonyl (C=O) groups excluding carboxylic acids is 2. The summed E-state index contributed by atoms with van der Waals surface area (Å²) < 4.78 is 4.66. The van der Waals surface area contributed by atoms with Crippen LogP contribution >= 0.6 is 0 Å². The van der Waals surface area contributed by atoms with Crippen molar-refractivity contribution in [3.05, 3.63) is 47.9 Å². The lowest BCUT2D eigenvalue weighted by molar-refractivity contribution is 0.0600. The van der Waals surface area contributed by atoms with Gasteiger partial charge in [-0.25, -0.2) is 14.8 Å². The van der Waals surface area contributed by atoms with Gasteiger partial charge in [0, 0.05) is 24.8 Å². The number of rotatable bonds is 4. The fourth-order valence-electron chi connectivity index (χ4n) is 2.88. The van der Waals surface area contributed by atoms with Crippen LogP contribution in [-0.2, 0) is 4.74 Å². The zero-order chi connectivity index (χ0) is 18.5. The minimum atomic E-state index is -0.417. The van der Waals surface area contributed by atoms with E-state index in [4.69, 9.17) is 0 Å². The summed E-state index contributed by atoms with van der Waals surface area (Å²) in [6.45, 7) is 4.13. The van der Waals surface area contributed by atoms with Crippen LogP contribution in [0.5, 0.6) is 0 Å². The van der Waals surface area contributed by atoms with Crippen LogP contribution in [0.25, 0.3) is 0 Å². The van der Waals surface area contributed by atoms with Gasteiger partial charge < -0.3 is 15.0 Å². The van der Waals surface area contributed by atoms with Gasteiger partial charge in [0.15, 0.2) is 0 Å². The average Bonchev–Trinajstić information content (AvgIpc) is 2.68. The molecule has 0 unspecified atom stereocenters. The number of hydrogen-bond acceptors (Lipinski definition) is 6. The van der Waals surface area contributed by atoms with Crippen LogP contribution in [0.1, 0.15) is 40.6 Å². The van der Waals surface area contributed by atoms with E-state index in [2.05, 4.69) is 31.8 Å². The first kappa shape index (κ1) is 17.8. The Morgan fingerprint density at radius 1 is 1.15 bits per heavy atom. The van der Waals surface area contributed by atoms with Gasteiger partial charge in [0.05, 0.1) is 12.7 Å². The lowest BCUT2D eigenvalue weighted by Crippen LogP contribution is -2.33. The largest absolute Gasteiger partial charge is 0.465 e. The smallest absolute Gasteiger partial charge is 0.337 e. The molecule has 1 aromatic carbocycles. The Kier molecular flexibility index (Phi) is 5.46. The highest BCUT2D eigenvalue weighted by atomic mass is 16.5. The summed E-state index contributed by atoms with van der Waals surface area (Å²) in [6, 6.07) is 8.22. The molecule has 1 saturated heterocycles. The van der Waals surface area contributed by atoms with E-state index in [0.717, 1.165) is 37.7 Å². The number of methoxy groups -OCH3 is 1. The Balaban J connectivity index is 1.68. The molecule has 1 amide bonds. The maximum absolute atomic E-state index is 12.5. The number of amides is 1. The molecule has 7 nitrogen and oxygen atoms in total. The van der Waals surface area contributed by atoms with Gasteiger partial charge in [-0.1, -0.05) is 6.92 Å². The Morgan fingerprint density at radius 2 is 1.85 bits per heavy atom. The first-order valence-corrected chi connectivity index (χ1v) is 8.63. The summed E-state index contributed by atoms with van der Waals surface area (Å²) in [5.74, 6) is 0.769. The monoisotopic (exact) mass is 354 g/mol. The number of benzene rings is 1. The van der Waals surface area contributed by atoms with Crippen LogP contribution in [0.4, 0.5) is 11.5 Å². The summed E-state index contributed by atoms with van der Waals surface area (Å²) in [7, 11) is 1.33. The van der Waals surface area contributed by atoms with E-state index in [-0.39, 0.29) is 5.91 Å². The van der Waals surface area contributed by atoms with Crippen molar-refractivity contribution in [3.8, 4) is 0 Å². The topological polar surface area (TPSA) is 84.4 Å². The van der Waals surface area contributed by atoms with Gasteiger partial charge in [0.1, 0.15) is 17.8 Å². The molecular formula is C19H22N4O3. The highest BCUT2D eigenvalue weighted by Gasteiger charge is 2.18. The Morgan fingerprint density at radius 3 is 2.50 bits per heavy atom. The van der Waals surface area contributed by atoms with Crippen LogP contribution in [0.3, 0.4) is 0 Å². The lowest BCUT2D eigenvalue weighted by atomic mass is 9.99. The van der Waals surface area contributed by atoms with Crippen LogP contribution in [0.15, 0.2) is 36.7 Å². The summed E-state index contributed by atoms with van der Waals surface area (Å²) in [5.41, 5.74) is 1.31. The summed E-state index contributed by atoms with van der Waals surface area (Å²) in [6.07, 6.45) is 3.67. The highest BCUT2D eigenvalue weighted by molar-refractivity contribution is 6.03. The van der Waals surface area contributed by atoms with Crippen molar-refractivity contribution in [1.82, 2.24) is 9.97 Å². The molecule has 26 heavy (non-hydrogen) atoms. The predicted molar refractivity (Wildman–Crippen MR) is 98.4 cm³/mol. The van der Waals surface area contributed by atoms with Crippen molar-refractivity contribution in [2.45, 2.75) is 19.8 Å². The minimum Gasteiger partial charge on any atom is -0.465 e. The van der Waals surface area contributed by atoms with Crippen LogP contribution in [0, 0.1) is 5.92 Å². The zero-order valence-corrected chi connectivity index (χ0v) is 14.9. The maximum atomic E-state index is 12.5. The number of esters is 1. The summed E-state index contributed by atoms with van der Waals surface area (Å²) in [5, 5.41) is 2.78. The van der Waals surface area contributed by atoms with Gasteiger partial charge in [0.25, 0.3) is 5.91 Å².